The Kier molecular flexibility index (Phi) is 4.26. The summed E-state index contributed by atoms with van der Waals surface area (Å²) in [4.78, 5) is 0. The largest absolute Gasteiger partial charge is 0.294 e. The van der Waals surface area contributed by atoms with Crippen LogP contribution < -0.4 is 15.7 Å². The second-order valence-electron chi connectivity index (χ2n) is 1.72. The van der Waals surface area contributed by atoms with Gasteiger partial charge in [0.25, 0.3) is 0 Å². The van der Waals surface area contributed by atoms with Gasteiger partial charge < -0.3 is 0 Å². The zero-order valence-electron chi connectivity index (χ0n) is 5.19. The maximum atomic E-state index is 10.5. The van der Waals surface area contributed by atoms with Crippen molar-refractivity contribution >= 4 is 18.7 Å². The van der Waals surface area contributed by atoms with Crippen LogP contribution in [0, 0.1) is 0 Å². The van der Waals surface area contributed by atoms with Gasteiger partial charge in [0.1, 0.15) is 0 Å². The highest BCUT2D eigenvalue weighted by Crippen LogP contribution is 2.22. The molecule has 0 fully saturated rings. The summed E-state index contributed by atoms with van der Waals surface area (Å²) in [6, 6.07) is 0. The van der Waals surface area contributed by atoms with E-state index in [0.717, 1.165) is 0 Å². The minimum Gasteiger partial charge on any atom is -0.294 e. The third-order valence-electron chi connectivity index (χ3n) is 0.687. The molecule has 62 valence electrons. The van der Waals surface area contributed by atoms with E-state index in [1.54, 1.807) is 0 Å². The summed E-state index contributed by atoms with van der Waals surface area (Å²) in [7, 11) is -3.03. The molecule has 6 nitrogen and oxygen atoms in total. The Hall–Kier alpha value is 0.220. The molecule has 0 aliphatic rings. The van der Waals surface area contributed by atoms with E-state index in [2.05, 4.69) is 4.72 Å². The molecule has 0 spiro atoms. The van der Waals surface area contributed by atoms with E-state index in [0.29, 0.717) is 0 Å². The summed E-state index contributed by atoms with van der Waals surface area (Å²) in [5.41, 5.74) is 9.87. The molecular weight excluding hydrogens is 177 g/mol. The Morgan fingerprint density at radius 3 is 2.40 bits per heavy atom. The Morgan fingerprint density at radius 2 is 2.10 bits per heavy atom. The molecule has 0 amide bonds. The van der Waals surface area contributed by atoms with Crippen molar-refractivity contribution in [3.8, 4) is 0 Å². The molecule has 0 aromatic rings. The molecule has 0 bridgehead atoms. The fraction of sp³-hybridized carbons (Fsp3) is 1.00. The van der Waals surface area contributed by atoms with Gasteiger partial charge in [-0.25, -0.2) is 8.93 Å². The van der Waals surface area contributed by atoms with E-state index in [9.17, 15) is 8.77 Å². The van der Waals surface area contributed by atoms with Crippen LogP contribution in [0.3, 0.4) is 0 Å². The molecule has 0 aromatic heterocycles. The standard InChI is InChI=1S/C2H10N3O3PS/c3-9(4,6)2-1-5-10(7)8/h5H,1-2H2,(H,7,8)(H4,3,4,6). The summed E-state index contributed by atoms with van der Waals surface area (Å²) >= 11 is -2.08. The van der Waals surface area contributed by atoms with Crippen LogP contribution in [0.15, 0.2) is 0 Å². The van der Waals surface area contributed by atoms with Gasteiger partial charge in [0.05, 0.1) is 0 Å². The third-order valence-corrected chi connectivity index (χ3v) is 2.06. The highest BCUT2D eigenvalue weighted by Gasteiger charge is 2.07. The maximum absolute atomic E-state index is 10.5. The predicted molar refractivity (Wildman–Crippen MR) is 39.6 cm³/mol. The quantitative estimate of drug-likeness (QED) is 0.326. The second-order valence-corrected chi connectivity index (χ2v) is 4.66. The van der Waals surface area contributed by atoms with Crippen LogP contribution in [0.2, 0.25) is 0 Å². The van der Waals surface area contributed by atoms with Crippen LogP contribution in [0.4, 0.5) is 0 Å². The number of nitrogens with one attached hydrogen (secondary N) is 1. The first-order valence-corrected chi connectivity index (χ1v) is 5.56. The molecule has 0 saturated heterocycles. The molecule has 0 aliphatic heterocycles. The lowest BCUT2D eigenvalue weighted by molar-refractivity contribution is 0.550. The monoisotopic (exact) mass is 187 g/mol. The Morgan fingerprint density at radius 1 is 1.60 bits per heavy atom. The van der Waals surface area contributed by atoms with Gasteiger partial charge in [0.15, 0.2) is 0 Å². The molecule has 1 unspecified atom stereocenters. The van der Waals surface area contributed by atoms with Gasteiger partial charge in [-0.2, -0.15) is 0 Å². The van der Waals surface area contributed by atoms with Crippen LogP contribution in [0.5, 0.6) is 0 Å². The van der Waals surface area contributed by atoms with Gasteiger partial charge in [-0.15, -0.1) is 0 Å². The molecule has 0 radical (unpaired) electrons. The van der Waals surface area contributed by atoms with E-state index < -0.39 is 18.7 Å². The molecule has 0 saturated carbocycles. The summed E-state index contributed by atoms with van der Waals surface area (Å²) in [5, 5.41) is 0. The Balaban J connectivity index is 3.39. The first-order valence-electron chi connectivity index (χ1n) is 2.42. The van der Waals surface area contributed by atoms with Crippen molar-refractivity contribution in [3.05, 3.63) is 0 Å². The van der Waals surface area contributed by atoms with Crippen molar-refractivity contribution in [3.63, 3.8) is 0 Å². The highest BCUT2D eigenvalue weighted by molar-refractivity contribution is 7.77. The highest BCUT2D eigenvalue weighted by atomic mass is 32.2. The number of hydrogen-bond acceptors (Lipinski definition) is 2. The normalized spacial score (nSPS) is 15.1. The van der Waals surface area contributed by atoms with Crippen LogP contribution in [0.25, 0.3) is 0 Å². The average molecular weight is 187 g/mol. The molecule has 6 N–H and O–H groups in total. The fourth-order valence-electron chi connectivity index (χ4n) is 0.308. The molecule has 10 heavy (non-hydrogen) atoms. The van der Waals surface area contributed by atoms with E-state index in [-0.39, 0.29) is 12.7 Å². The molecule has 8 heteroatoms. The summed E-state index contributed by atoms with van der Waals surface area (Å²) in [6.45, 7) is 0.0768. The second kappa shape index (κ2) is 4.17. The molecule has 0 heterocycles. The van der Waals surface area contributed by atoms with Gasteiger partial charge in [-0.3, -0.25) is 20.1 Å². The van der Waals surface area contributed by atoms with Crippen molar-refractivity contribution in [1.29, 1.82) is 0 Å². The van der Waals surface area contributed by atoms with Crippen molar-refractivity contribution in [2.75, 3.05) is 12.7 Å². The molecular formula is C2H10N3O3PS. The Bertz CT molecular complexity index is 167. The van der Waals surface area contributed by atoms with E-state index in [4.69, 9.17) is 15.6 Å². The lowest BCUT2D eigenvalue weighted by Crippen LogP contribution is -2.23. The minimum absolute atomic E-state index is 0.0132. The smallest absolute Gasteiger partial charge is 0.231 e. The zero-order valence-corrected chi connectivity index (χ0v) is 6.90. The summed E-state index contributed by atoms with van der Waals surface area (Å²) in [5.74, 6) is 0. The average Bonchev–Trinajstić information content (AvgIpc) is 1.59. The van der Waals surface area contributed by atoms with Gasteiger partial charge in [-0.1, -0.05) is 0 Å². The predicted octanol–water partition coefficient (Wildman–Crippen LogP) is -1.18. The van der Waals surface area contributed by atoms with E-state index in [1.807, 2.05) is 0 Å². The van der Waals surface area contributed by atoms with Crippen LogP contribution in [-0.4, -0.2) is 21.5 Å². The number of nitrogens with two attached hydrogens (primary N) is 2. The maximum Gasteiger partial charge on any atom is 0.231 e. The van der Waals surface area contributed by atoms with Crippen molar-refractivity contribution in [2.45, 2.75) is 0 Å². The molecule has 1 atom stereocenters. The topological polar surface area (TPSA) is 118 Å². The van der Waals surface area contributed by atoms with Gasteiger partial charge >= 0.3 is 0 Å². The lowest BCUT2D eigenvalue weighted by Gasteiger charge is -2.03. The van der Waals surface area contributed by atoms with Gasteiger partial charge in [-0.05, 0) is 0 Å². The summed E-state index contributed by atoms with van der Waals surface area (Å²) < 4.78 is 30.7. The van der Waals surface area contributed by atoms with Crippen molar-refractivity contribution in [2.24, 2.45) is 11.0 Å². The SMILES string of the molecule is NP(N)(=O)CCNS(=O)O. The summed E-state index contributed by atoms with van der Waals surface area (Å²) in [6.07, 6.45) is 0.0132. The number of hydrogen-bond donors (Lipinski definition) is 4. The van der Waals surface area contributed by atoms with Gasteiger partial charge in [0.2, 0.25) is 18.7 Å². The lowest BCUT2D eigenvalue weighted by atomic mass is 10.8. The van der Waals surface area contributed by atoms with Gasteiger partial charge in [0, 0.05) is 12.7 Å². The first kappa shape index (κ1) is 10.2. The zero-order chi connectivity index (χ0) is 8.20. The van der Waals surface area contributed by atoms with Crippen LogP contribution >= 0.6 is 7.44 Å². The van der Waals surface area contributed by atoms with Crippen molar-refractivity contribution < 1.29 is 13.3 Å². The minimum atomic E-state index is -3.03. The number of rotatable bonds is 4. The fourth-order valence-corrected chi connectivity index (χ4v) is 1.20. The Labute approximate surface area is 61.2 Å². The first-order chi connectivity index (χ1) is 4.42. The molecule has 0 aliphatic carbocycles. The molecule has 0 rings (SSSR count). The van der Waals surface area contributed by atoms with Crippen molar-refractivity contribution in [1.82, 2.24) is 4.72 Å². The molecule has 0 aromatic carbocycles. The van der Waals surface area contributed by atoms with E-state index in [1.165, 1.54) is 0 Å². The van der Waals surface area contributed by atoms with Crippen LogP contribution in [-0.2, 0) is 15.8 Å². The third kappa shape index (κ3) is 8.22. The van der Waals surface area contributed by atoms with Crippen LogP contribution in [0.1, 0.15) is 0 Å². The van der Waals surface area contributed by atoms with E-state index >= 15 is 0 Å².